The van der Waals surface area contributed by atoms with E-state index in [1.807, 2.05) is 25.7 Å². The van der Waals surface area contributed by atoms with Crippen LogP contribution in [-0.4, -0.2) is 61.8 Å². The molecule has 6 heteroatoms. The van der Waals surface area contributed by atoms with Gasteiger partial charge in [0.1, 0.15) is 11.6 Å². The van der Waals surface area contributed by atoms with Crippen LogP contribution in [0.5, 0.6) is 0 Å². The normalized spacial score (nSPS) is 19.9. The molecule has 0 bridgehead atoms. The molecular formula is C14H26N2O4. The van der Waals surface area contributed by atoms with Gasteiger partial charge in [-0.1, -0.05) is 0 Å². The fraction of sp³-hybridized carbons (Fsp3) is 0.857. The van der Waals surface area contributed by atoms with Crippen LogP contribution in [0.25, 0.3) is 0 Å². The summed E-state index contributed by atoms with van der Waals surface area (Å²) in [5.41, 5.74) is -0.494. The van der Waals surface area contributed by atoms with E-state index in [4.69, 9.17) is 9.47 Å². The molecule has 1 amide bonds. The summed E-state index contributed by atoms with van der Waals surface area (Å²) >= 11 is 0. The molecule has 1 rings (SSSR count). The molecule has 0 radical (unpaired) electrons. The molecule has 0 aliphatic carbocycles. The molecular weight excluding hydrogens is 260 g/mol. The van der Waals surface area contributed by atoms with Crippen molar-refractivity contribution in [1.82, 2.24) is 10.2 Å². The predicted molar refractivity (Wildman–Crippen MR) is 75.3 cm³/mol. The molecule has 1 aliphatic heterocycles. The quantitative estimate of drug-likeness (QED) is 0.570. The Morgan fingerprint density at radius 2 is 2.05 bits per heavy atom. The van der Waals surface area contributed by atoms with Gasteiger partial charge < -0.3 is 14.8 Å². The molecule has 0 aromatic rings. The van der Waals surface area contributed by atoms with Gasteiger partial charge >= 0.3 is 5.97 Å². The zero-order valence-corrected chi connectivity index (χ0v) is 12.9. The Balaban J connectivity index is 2.44. The Morgan fingerprint density at radius 3 is 2.65 bits per heavy atom. The molecule has 0 unspecified atom stereocenters. The number of ether oxygens (including phenoxy) is 2. The van der Waals surface area contributed by atoms with Gasteiger partial charge in [0.25, 0.3) is 0 Å². The number of likely N-dealkylation sites (tertiary alicyclic amines) is 1. The smallest absolute Gasteiger partial charge is 0.323 e. The van der Waals surface area contributed by atoms with Crippen molar-refractivity contribution in [2.75, 3.05) is 33.4 Å². The van der Waals surface area contributed by atoms with Crippen LogP contribution in [0.2, 0.25) is 0 Å². The SMILES string of the molecule is COCCNC(=O)CN1CCC[C@H]1C(=O)OC(C)(C)C. The highest BCUT2D eigenvalue weighted by atomic mass is 16.6. The number of amides is 1. The number of carbonyl (C=O) groups is 2. The predicted octanol–water partition coefficient (Wildman–Crippen LogP) is 0.555. The fourth-order valence-corrected chi connectivity index (χ4v) is 2.18. The van der Waals surface area contributed by atoms with E-state index in [1.54, 1.807) is 7.11 Å². The molecule has 0 aromatic heterocycles. The van der Waals surface area contributed by atoms with E-state index in [2.05, 4.69) is 5.32 Å². The summed E-state index contributed by atoms with van der Waals surface area (Å²) in [6, 6.07) is -0.303. The summed E-state index contributed by atoms with van der Waals surface area (Å²) in [5.74, 6) is -0.322. The highest BCUT2D eigenvalue weighted by Crippen LogP contribution is 2.20. The minimum atomic E-state index is -0.494. The number of carbonyl (C=O) groups excluding carboxylic acids is 2. The van der Waals surface area contributed by atoms with Gasteiger partial charge in [-0.15, -0.1) is 0 Å². The minimum Gasteiger partial charge on any atom is -0.459 e. The fourth-order valence-electron chi connectivity index (χ4n) is 2.18. The lowest BCUT2D eigenvalue weighted by Gasteiger charge is -2.26. The van der Waals surface area contributed by atoms with E-state index < -0.39 is 5.60 Å². The molecule has 1 atom stereocenters. The Hall–Kier alpha value is -1.14. The topological polar surface area (TPSA) is 67.9 Å². The molecule has 1 fully saturated rings. The molecule has 1 heterocycles. The highest BCUT2D eigenvalue weighted by molar-refractivity contribution is 5.81. The van der Waals surface area contributed by atoms with Crippen LogP contribution in [0, 0.1) is 0 Å². The first-order valence-corrected chi connectivity index (χ1v) is 7.06. The van der Waals surface area contributed by atoms with E-state index in [0.29, 0.717) is 13.2 Å². The van der Waals surface area contributed by atoms with Crippen LogP contribution >= 0.6 is 0 Å². The van der Waals surface area contributed by atoms with Gasteiger partial charge in [0.2, 0.25) is 5.91 Å². The average Bonchev–Trinajstić information content (AvgIpc) is 2.75. The third kappa shape index (κ3) is 5.88. The molecule has 6 nitrogen and oxygen atoms in total. The largest absolute Gasteiger partial charge is 0.459 e. The van der Waals surface area contributed by atoms with Crippen LogP contribution in [0.15, 0.2) is 0 Å². The molecule has 1 aliphatic rings. The lowest BCUT2D eigenvalue weighted by molar-refractivity contribution is -0.160. The second-order valence-electron chi connectivity index (χ2n) is 6.00. The summed E-state index contributed by atoms with van der Waals surface area (Å²) in [5, 5.41) is 2.76. The van der Waals surface area contributed by atoms with Gasteiger partial charge in [-0.2, -0.15) is 0 Å². The molecule has 1 N–H and O–H groups in total. The van der Waals surface area contributed by atoms with Crippen molar-refractivity contribution < 1.29 is 19.1 Å². The van der Waals surface area contributed by atoms with Crippen LogP contribution in [0.4, 0.5) is 0 Å². The summed E-state index contributed by atoms with van der Waals surface area (Å²) in [4.78, 5) is 25.7. The van der Waals surface area contributed by atoms with Crippen molar-refractivity contribution in [3.05, 3.63) is 0 Å². The monoisotopic (exact) mass is 286 g/mol. The number of hydrogen-bond acceptors (Lipinski definition) is 5. The summed E-state index contributed by atoms with van der Waals surface area (Å²) in [6.07, 6.45) is 1.66. The van der Waals surface area contributed by atoms with Gasteiger partial charge in [-0.25, -0.2) is 0 Å². The summed E-state index contributed by atoms with van der Waals surface area (Å²) in [7, 11) is 1.59. The lowest BCUT2D eigenvalue weighted by atomic mass is 10.1. The number of nitrogens with zero attached hydrogens (tertiary/aromatic N) is 1. The van der Waals surface area contributed by atoms with Crippen LogP contribution in [0.1, 0.15) is 33.6 Å². The molecule has 0 aromatic carbocycles. The molecule has 0 spiro atoms. The molecule has 116 valence electrons. The van der Waals surface area contributed by atoms with Gasteiger partial charge in [0.15, 0.2) is 0 Å². The van der Waals surface area contributed by atoms with Gasteiger partial charge in [-0.05, 0) is 40.2 Å². The number of methoxy groups -OCH3 is 1. The Labute approximate surface area is 120 Å². The van der Waals surface area contributed by atoms with Crippen molar-refractivity contribution in [3.8, 4) is 0 Å². The average molecular weight is 286 g/mol. The number of nitrogens with one attached hydrogen (secondary N) is 1. The lowest BCUT2D eigenvalue weighted by Crippen LogP contribution is -2.45. The first-order valence-electron chi connectivity index (χ1n) is 7.06. The minimum absolute atomic E-state index is 0.0856. The zero-order chi connectivity index (χ0) is 15.2. The third-order valence-corrected chi connectivity index (χ3v) is 3.02. The molecule has 20 heavy (non-hydrogen) atoms. The van der Waals surface area contributed by atoms with Crippen LogP contribution in [0.3, 0.4) is 0 Å². The second-order valence-corrected chi connectivity index (χ2v) is 6.00. The van der Waals surface area contributed by atoms with E-state index in [-0.39, 0.29) is 24.5 Å². The van der Waals surface area contributed by atoms with Gasteiger partial charge in [0, 0.05) is 13.7 Å². The summed E-state index contributed by atoms with van der Waals surface area (Å²) in [6.45, 7) is 7.50. The number of esters is 1. The maximum absolute atomic E-state index is 12.1. The highest BCUT2D eigenvalue weighted by Gasteiger charge is 2.34. The first-order chi connectivity index (χ1) is 9.33. The molecule has 0 saturated carbocycles. The van der Waals surface area contributed by atoms with Crippen LogP contribution < -0.4 is 5.32 Å². The van der Waals surface area contributed by atoms with Crippen LogP contribution in [-0.2, 0) is 19.1 Å². The molecule has 1 saturated heterocycles. The maximum Gasteiger partial charge on any atom is 0.323 e. The van der Waals surface area contributed by atoms with E-state index in [1.165, 1.54) is 0 Å². The van der Waals surface area contributed by atoms with Crippen molar-refractivity contribution >= 4 is 11.9 Å². The third-order valence-electron chi connectivity index (χ3n) is 3.02. The van der Waals surface area contributed by atoms with Gasteiger partial charge in [-0.3, -0.25) is 14.5 Å². The van der Waals surface area contributed by atoms with Crippen molar-refractivity contribution in [2.24, 2.45) is 0 Å². The van der Waals surface area contributed by atoms with Gasteiger partial charge in [0.05, 0.1) is 13.2 Å². The first kappa shape index (κ1) is 16.9. The van der Waals surface area contributed by atoms with E-state index in [9.17, 15) is 9.59 Å². The van der Waals surface area contributed by atoms with Crippen molar-refractivity contribution in [3.63, 3.8) is 0 Å². The number of hydrogen-bond donors (Lipinski definition) is 1. The Bertz CT molecular complexity index is 339. The van der Waals surface area contributed by atoms with E-state index in [0.717, 1.165) is 19.4 Å². The Kier molecular flexibility index (Phi) is 6.42. The summed E-state index contributed by atoms with van der Waals surface area (Å²) < 4.78 is 10.3. The second kappa shape index (κ2) is 7.59. The zero-order valence-electron chi connectivity index (χ0n) is 12.9. The van der Waals surface area contributed by atoms with Crippen molar-refractivity contribution in [1.29, 1.82) is 0 Å². The van der Waals surface area contributed by atoms with Crippen molar-refractivity contribution in [2.45, 2.75) is 45.3 Å². The number of rotatable bonds is 6. The standard InChI is InChI=1S/C14H26N2O4/c1-14(2,3)20-13(18)11-6-5-8-16(11)10-12(17)15-7-9-19-4/h11H,5-10H2,1-4H3,(H,15,17)/t11-/m0/s1. The van der Waals surface area contributed by atoms with E-state index >= 15 is 0 Å². The Morgan fingerprint density at radius 1 is 1.35 bits per heavy atom. The maximum atomic E-state index is 12.1.